The molecule has 0 saturated carbocycles. The number of fused-ring (bicyclic) bond motifs is 1. The third-order valence-corrected chi connectivity index (χ3v) is 8.25. The van der Waals surface area contributed by atoms with Gasteiger partial charge in [-0.15, -0.1) is 0 Å². The summed E-state index contributed by atoms with van der Waals surface area (Å²) in [6.45, 7) is 2.47. The molecule has 170 valence electrons. The molecule has 1 aliphatic rings. The maximum atomic E-state index is 11.9. The number of imidazole rings is 1. The van der Waals surface area contributed by atoms with E-state index >= 15 is 0 Å². The highest BCUT2D eigenvalue weighted by molar-refractivity contribution is 14.1. The third-order valence-electron chi connectivity index (χ3n) is 5.70. The zero-order valence-electron chi connectivity index (χ0n) is 17.6. The molecule has 0 unspecified atom stereocenters. The Morgan fingerprint density at radius 3 is 2.91 bits per heavy atom. The minimum absolute atomic E-state index is 0.186. The Labute approximate surface area is 212 Å². The van der Waals surface area contributed by atoms with Gasteiger partial charge in [-0.1, -0.05) is 34.4 Å². The summed E-state index contributed by atoms with van der Waals surface area (Å²) in [5, 5.41) is 8.90. The Hall–Kier alpha value is -1.60. The number of benzene rings is 1. The van der Waals surface area contributed by atoms with Crippen molar-refractivity contribution < 1.29 is 9.53 Å². The molecule has 32 heavy (non-hydrogen) atoms. The number of rotatable bonds is 7. The largest absolute Gasteiger partial charge is 0.497 e. The van der Waals surface area contributed by atoms with Gasteiger partial charge in [-0.3, -0.25) is 10.2 Å². The molecule has 11 heteroatoms. The summed E-state index contributed by atoms with van der Waals surface area (Å²) in [7, 11) is 1.64. The van der Waals surface area contributed by atoms with Crippen molar-refractivity contribution in [3.05, 3.63) is 34.5 Å². The van der Waals surface area contributed by atoms with Gasteiger partial charge in [0.1, 0.15) is 11.3 Å². The third kappa shape index (κ3) is 5.30. The second-order valence-electron chi connectivity index (χ2n) is 7.67. The van der Waals surface area contributed by atoms with Gasteiger partial charge in [-0.2, -0.15) is 0 Å². The van der Waals surface area contributed by atoms with Gasteiger partial charge in [0.25, 0.3) is 0 Å². The Kier molecular flexibility index (Phi) is 7.77. The first-order valence-corrected chi connectivity index (χ1v) is 13.5. The number of methoxy groups -OCH3 is 1. The molecule has 2 aromatic heterocycles. The minimum atomic E-state index is 0.186. The summed E-state index contributed by atoms with van der Waals surface area (Å²) in [5.41, 5.74) is 1.56. The number of ether oxygens (including phenoxy) is 1. The van der Waals surface area contributed by atoms with E-state index in [4.69, 9.17) is 15.1 Å². The van der Waals surface area contributed by atoms with Crippen molar-refractivity contribution in [1.29, 1.82) is 5.41 Å². The number of amides is 1. The minimum Gasteiger partial charge on any atom is -0.497 e. The number of carbonyl (C=O) groups is 1. The van der Waals surface area contributed by atoms with Crippen LogP contribution in [-0.2, 0) is 11.3 Å². The molecule has 8 nitrogen and oxygen atoms in total. The van der Waals surface area contributed by atoms with Gasteiger partial charge >= 0.3 is 0 Å². The van der Waals surface area contributed by atoms with Gasteiger partial charge in [-0.05, 0) is 59.3 Å². The van der Waals surface area contributed by atoms with Crippen LogP contribution >= 0.6 is 50.3 Å². The number of piperidine rings is 1. The van der Waals surface area contributed by atoms with Crippen LogP contribution in [0, 0.1) is 11.3 Å². The highest BCUT2D eigenvalue weighted by atomic mass is 127. The van der Waals surface area contributed by atoms with E-state index in [1.54, 1.807) is 13.4 Å². The number of hydrogen-bond acceptors (Lipinski definition) is 6. The Bertz CT molecular complexity index is 1170. The summed E-state index contributed by atoms with van der Waals surface area (Å²) in [6, 6.07) is 5.79. The lowest BCUT2D eigenvalue weighted by atomic mass is 9.93. The van der Waals surface area contributed by atoms with Crippen LogP contribution in [0.25, 0.3) is 11.2 Å². The van der Waals surface area contributed by atoms with Crippen LogP contribution < -0.4 is 10.2 Å². The Balaban J connectivity index is 1.48. The molecule has 0 spiro atoms. The molecule has 1 aliphatic heterocycles. The highest BCUT2D eigenvalue weighted by Gasteiger charge is 2.22. The molecule has 1 saturated heterocycles. The van der Waals surface area contributed by atoms with E-state index in [1.807, 2.05) is 27.7 Å². The predicted octanol–water partition coefficient (Wildman–Crippen LogP) is 4.22. The number of halogens is 2. The van der Waals surface area contributed by atoms with Gasteiger partial charge in [0, 0.05) is 29.0 Å². The SMILES string of the molecule is COc1ccc(Br)c(Sc2nc3c([nH]2)c(=N)ncn3CCC2CCN(C(=O)CI)CC2)c1. The number of nitrogens with one attached hydrogen (secondary N) is 2. The van der Waals surface area contributed by atoms with E-state index in [0.717, 1.165) is 59.7 Å². The molecule has 3 aromatic rings. The number of alkyl halides is 1. The van der Waals surface area contributed by atoms with Crippen LogP contribution in [0.5, 0.6) is 5.75 Å². The van der Waals surface area contributed by atoms with Crippen LogP contribution in [0.15, 0.2) is 39.1 Å². The first kappa shape index (κ1) is 23.6. The molecule has 0 radical (unpaired) electrons. The fourth-order valence-corrected chi connectivity index (χ4v) is 5.65. The number of nitrogens with zero attached hydrogens (tertiary/aromatic N) is 4. The molecule has 1 amide bonds. The Morgan fingerprint density at radius 1 is 1.41 bits per heavy atom. The normalized spacial score (nSPS) is 14.8. The smallest absolute Gasteiger partial charge is 0.232 e. The van der Waals surface area contributed by atoms with Crippen molar-refractivity contribution in [2.45, 2.75) is 35.9 Å². The van der Waals surface area contributed by atoms with Gasteiger partial charge < -0.3 is 19.2 Å². The molecular weight excluding hydrogens is 607 g/mol. The number of aromatic amines is 1. The predicted molar refractivity (Wildman–Crippen MR) is 135 cm³/mol. The van der Waals surface area contributed by atoms with E-state index in [-0.39, 0.29) is 11.4 Å². The molecule has 0 bridgehead atoms. The van der Waals surface area contributed by atoms with E-state index in [1.165, 1.54) is 11.8 Å². The monoisotopic (exact) mass is 630 g/mol. The van der Waals surface area contributed by atoms with Gasteiger partial charge in [0.2, 0.25) is 5.91 Å². The first-order valence-electron chi connectivity index (χ1n) is 10.3. The van der Waals surface area contributed by atoms with Crippen LogP contribution in [0.2, 0.25) is 0 Å². The summed E-state index contributed by atoms with van der Waals surface area (Å²) in [6.07, 6.45) is 4.77. The molecule has 4 rings (SSSR count). The number of carbonyl (C=O) groups excluding carboxylic acids is 1. The lowest BCUT2D eigenvalue weighted by Crippen LogP contribution is -2.39. The second kappa shape index (κ2) is 10.6. The van der Waals surface area contributed by atoms with Crippen molar-refractivity contribution in [3.63, 3.8) is 0 Å². The van der Waals surface area contributed by atoms with Crippen LogP contribution in [0.3, 0.4) is 0 Å². The van der Waals surface area contributed by atoms with Crippen LogP contribution in [0.4, 0.5) is 0 Å². The second-order valence-corrected chi connectivity index (χ2v) is 10.3. The van der Waals surface area contributed by atoms with Crippen molar-refractivity contribution in [3.8, 4) is 5.75 Å². The summed E-state index contributed by atoms with van der Waals surface area (Å²) >= 11 is 7.19. The zero-order chi connectivity index (χ0) is 22.7. The standard InChI is InChI=1S/C21H24BrIN6O2S/c1-31-14-2-3-15(22)16(10-14)32-21-26-18-19(24)25-12-29(20(18)27-21)9-6-13-4-7-28(8-5-13)17(30)11-23/h2-3,10,12-13,24H,4-9,11H2,1H3,(H,26,27). The first-order chi connectivity index (χ1) is 15.5. The maximum absolute atomic E-state index is 11.9. The van der Waals surface area contributed by atoms with Crippen molar-refractivity contribution in [2.24, 2.45) is 5.92 Å². The van der Waals surface area contributed by atoms with E-state index in [9.17, 15) is 4.79 Å². The highest BCUT2D eigenvalue weighted by Crippen LogP contribution is 2.35. The Morgan fingerprint density at radius 2 is 2.19 bits per heavy atom. The number of likely N-dealkylation sites (tertiary alicyclic amines) is 1. The van der Waals surface area contributed by atoms with E-state index in [2.05, 4.69) is 48.5 Å². The van der Waals surface area contributed by atoms with Gasteiger partial charge in [0.15, 0.2) is 16.3 Å². The van der Waals surface area contributed by atoms with Crippen molar-refractivity contribution in [2.75, 3.05) is 24.6 Å². The maximum Gasteiger partial charge on any atom is 0.232 e. The fraction of sp³-hybridized carbons (Fsp3) is 0.429. The number of hydrogen-bond donors (Lipinski definition) is 2. The van der Waals surface area contributed by atoms with Crippen LogP contribution in [-0.4, -0.2) is 55.0 Å². The molecule has 3 heterocycles. The molecule has 0 aliphatic carbocycles. The number of aromatic nitrogens is 4. The molecule has 2 N–H and O–H groups in total. The lowest BCUT2D eigenvalue weighted by Gasteiger charge is -2.31. The topological polar surface area (TPSA) is 99.9 Å². The van der Waals surface area contributed by atoms with Crippen molar-refractivity contribution in [1.82, 2.24) is 24.4 Å². The average molecular weight is 631 g/mol. The molecule has 0 atom stereocenters. The average Bonchev–Trinajstić information content (AvgIpc) is 3.24. The molecule has 1 fully saturated rings. The summed E-state index contributed by atoms with van der Waals surface area (Å²) in [4.78, 5) is 27.1. The zero-order valence-corrected chi connectivity index (χ0v) is 22.2. The van der Waals surface area contributed by atoms with Gasteiger partial charge in [-0.25, -0.2) is 9.97 Å². The molecule has 1 aromatic carbocycles. The molecular formula is C21H24BrIN6O2S. The fourth-order valence-electron chi connectivity index (χ4n) is 3.84. The van der Waals surface area contributed by atoms with Crippen LogP contribution in [0.1, 0.15) is 19.3 Å². The van der Waals surface area contributed by atoms with Crippen molar-refractivity contribution >= 4 is 67.4 Å². The van der Waals surface area contributed by atoms with E-state index in [0.29, 0.717) is 21.0 Å². The summed E-state index contributed by atoms with van der Waals surface area (Å²) in [5.74, 6) is 1.59. The van der Waals surface area contributed by atoms with E-state index < -0.39 is 0 Å². The lowest BCUT2D eigenvalue weighted by molar-refractivity contribution is -0.129. The van der Waals surface area contributed by atoms with Gasteiger partial charge in [0.05, 0.1) is 17.9 Å². The quantitative estimate of drug-likeness (QED) is 0.301. The number of aryl methyl sites for hydroxylation is 1. The number of H-pyrrole nitrogens is 1. The summed E-state index contributed by atoms with van der Waals surface area (Å²) < 4.78 is 8.86.